The van der Waals surface area contributed by atoms with E-state index in [0.29, 0.717) is 0 Å². The highest BCUT2D eigenvalue weighted by atomic mass is 15.3. The monoisotopic (exact) mass is 243 g/mol. The Morgan fingerprint density at radius 2 is 1.83 bits per heavy atom. The fourth-order valence-electron chi connectivity index (χ4n) is 2.94. The summed E-state index contributed by atoms with van der Waals surface area (Å²) in [5.74, 6) is 0.850. The number of nitrogens with zero attached hydrogens (tertiary/aromatic N) is 2. The molecule has 1 aromatic rings. The molecule has 2 nitrogen and oxygen atoms in total. The first-order valence-corrected chi connectivity index (χ1v) is 7.22. The molecule has 1 saturated heterocycles. The fraction of sp³-hybridized carbons (Fsp3) is 0.562. The Morgan fingerprint density at radius 1 is 1.11 bits per heavy atom. The second-order valence-corrected chi connectivity index (χ2v) is 5.53. The van der Waals surface area contributed by atoms with E-state index in [1.54, 1.807) is 5.56 Å². The van der Waals surface area contributed by atoms with Crippen LogP contribution < -0.4 is 4.90 Å². The van der Waals surface area contributed by atoms with Gasteiger partial charge in [0.2, 0.25) is 0 Å². The number of hydrogen-bond acceptors (Lipinski definition) is 2. The van der Waals surface area contributed by atoms with E-state index >= 15 is 0 Å². The van der Waals surface area contributed by atoms with Gasteiger partial charge in [0.25, 0.3) is 0 Å². The summed E-state index contributed by atoms with van der Waals surface area (Å²) < 4.78 is 0. The molecule has 1 saturated carbocycles. The molecule has 0 atom stereocenters. The number of anilines is 1. The molecule has 0 spiro atoms. The summed E-state index contributed by atoms with van der Waals surface area (Å²) >= 11 is 0. The lowest BCUT2D eigenvalue weighted by Gasteiger charge is -2.37. The van der Waals surface area contributed by atoms with Crippen LogP contribution in [0.15, 0.2) is 24.3 Å². The molecule has 3 rings (SSSR count). The molecule has 1 aliphatic carbocycles. The van der Waals surface area contributed by atoms with Crippen LogP contribution in [0.1, 0.15) is 31.2 Å². The van der Waals surface area contributed by atoms with Gasteiger partial charge >= 0.3 is 0 Å². The SMILES string of the molecule is C[CH]CN1CCN(c2ccccc2C2CC2)CC1. The lowest BCUT2D eigenvalue weighted by molar-refractivity contribution is 0.276. The molecule has 1 aliphatic heterocycles. The van der Waals surface area contributed by atoms with E-state index in [-0.39, 0.29) is 0 Å². The van der Waals surface area contributed by atoms with Crippen LogP contribution in [0.25, 0.3) is 0 Å². The van der Waals surface area contributed by atoms with E-state index in [9.17, 15) is 0 Å². The first kappa shape index (κ1) is 12.0. The van der Waals surface area contributed by atoms with Crippen molar-refractivity contribution in [1.82, 2.24) is 4.90 Å². The zero-order valence-electron chi connectivity index (χ0n) is 11.3. The topological polar surface area (TPSA) is 6.48 Å². The molecule has 2 aliphatic rings. The minimum Gasteiger partial charge on any atom is -0.369 e. The zero-order chi connectivity index (χ0) is 12.4. The summed E-state index contributed by atoms with van der Waals surface area (Å²) in [6.45, 7) is 8.04. The van der Waals surface area contributed by atoms with Crippen molar-refractivity contribution in [2.24, 2.45) is 0 Å². The van der Waals surface area contributed by atoms with Crippen molar-refractivity contribution < 1.29 is 0 Å². The van der Waals surface area contributed by atoms with E-state index in [2.05, 4.69) is 47.4 Å². The number of piperazine rings is 1. The van der Waals surface area contributed by atoms with Gasteiger partial charge in [-0.25, -0.2) is 0 Å². The van der Waals surface area contributed by atoms with E-state index in [4.69, 9.17) is 0 Å². The minimum absolute atomic E-state index is 0.850. The maximum Gasteiger partial charge on any atom is 0.0402 e. The molecule has 0 bridgehead atoms. The zero-order valence-corrected chi connectivity index (χ0v) is 11.3. The molecule has 97 valence electrons. The third-order valence-corrected chi connectivity index (χ3v) is 4.11. The van der Waals surface area contributed by atoms with Crippen molar-refractivity contribution in [1.29, 1.82) is 0 Å². The number of benzene rings is 1. The summed E-state index contributed by atoms with van der Waals surface area (Å²) in [6, 6.07) is 9.03. The van der Waals surface area contributed by atoms with Crippen LogP contribution in [0.5, 0.6) is 0 Å². The van der Waals surface area contributed by atoms with Crippen LogP contribution in [-0.2, 0) is 0 Å². The molecular weight excluding hydrogens is 220 g/mol. The standard InChI is InChI=1S/C16H23N2/c1-2-9-17-10-12-18(13-11-17)16-6-4-3-5-15(16)14-7-8-14/h2-6,14H,7-13H2,1H3. The maximum absolute atomic E-state index is 2.58. The van der Waals surface area contributed by atoms with Gasteiger partial charge in [-0.3, -0.25) is 4.90 Å². The predicted molar refractivity (Wildman–Crippen MR) is 77.0 cm³/mol. The highest BCUT2D eigenvalue weighted by Crippen LogP contribution is 2.44. The summed E-state index contributed by atoms with van der Waals surface area (Å²) in [5, 5.41) is 0. The number of hydrogen-bond donors (Lipinski definition) is 0. The summed E-state index contributed by atoms with van der Waals surface area (Å²) in [5.41, 5.74) is 3.09. The molecule has 1 radical (unpaired) electrons. The Bertz CT molecular complexity index is 390. The van der Waals surface area contributed by atoms with Crippen LogP contribution in [0.4, 0.5) is 5.69 Å². The molecule has 0 amide bonds. The van der Waals surface area contributed by atoms with Crippen molar-refractivity contribution in [3.8, 4) is 0 Å². The van der Waals surface area contributed by atoms with Crippen molar-refractivity contribution in [3.05, 3.63) is 36.2 Å². The first-order valence-electron chi connectivity index (χ1n) is 7.22. The van der Waals surface area contributed by atoms with E-state index < -0.39 is 0 Å². The predicted octanol–water partition coefficient (Wildman–Crippen LogP) is 2.91. The molecule has 0 unspecified atom stereocenters. The smallest absolute Gasteiger partial charge is 0.0402 e. The molecule has 0 N–H and O–H groups in total. The molecule has 18 heavy (non-hydrogen) atoms. The number of rotatable bonds is 4. The quantitative estimate of drug-likeness (QED) is 0.802. The summed E-state index contributed by atoms with van der Waals surface area (Å²) in [4.78, 5) is 5.12. The van der Waals surface area contributed by atoms with Gasteiger partial charge in [0, 0.05) is 38.4 Å². The second kappa shape index (κ2) is 5.31. The molecule has 2 fully saturated rings. The van der Waals surface area contributed by atoms with E-state index in [1.807, 2.05) is 0 Å². The summed E-state index contributed by atoms with van der Waals surface area (Å²) in [6.07, 6.45) is 5.04. The maximum atomic E-state index is 2.58. The lowest BCUT2D eigenvalue weighted by Crippen LogP contribution is -2.46. The van der Waals surface area contributed by atoms with Crippen molar-refractivity contribution in [2.45, 2.75) is 25.7 Å². The van der Waals surface area contributed by atoms with Crippen LogP contribution in [0.2, 0.25) is 0 Å². The second-order valence-electron chi connectivity index (χ2n) is 5.53. The highest BCUT2D eigenvalue weighted by molar-refractivity contribution is 5.56. The normalized spacial score (nSPS) is 21.3. The van der Waals surface area contributed by atoms with Gasteiger partial charge in [-0.1, -0.05) is 25.1 Å². The van der Waals surface area contributed by atoms with Gasteiger partial charge in [0.1, 0.15) is 0 Å². The third kappa shape index (κ3) is 2.54. The summed E-state index contributed by atoms with van der Waals surface area (Å²) in [7, 11) is 0. The van der Waals surface area contributed by atoms with E-state index in [1.165, 1.54) is 44.7 Å². The van der Waals surface area contributed by atoms with Crippen molar-refractivity contribution in [2.75, 3.05) is 37.6 Å². The largest absolute Gasteiger partial charge is 0.369 e. The van der Waals surface area contributed by atoms with Gasteiger partial charge in [-0.15, -0.1) is 0 Å². The molecule has 1 heterocycles. The Kier molecular flexibility index (Phi) is 3.55. The van der Waals surface area contributed by atoms with Gasteiger partial charge in [-0.05, 0) is 36.8 Å². The van der Waals surface area contributed by atoms with Crippen LogP contribution in [0.3, 0.4) is 0 Å². The van der Waals surface area contributed by atoms with Crippen molar-refractivity contribution in [3.63, 3.8) is 0 Å². The molecule has 1 aromatic carbocycles. The van der Waals surface area contributed by atoms with Gasteiger partial charge in [0.05, 0.1) is 0 Å². The Labute approximate surface area is 111 Å². The van der Waals surface area contributed by atoms with Crippen molar-refractivity contribution >= 4 is 5.69 Å². The molecule has 0 aromatic heterocycles. The lowest BCUT2D eigenvalue weighted by atomic mass is 10.1. The highest BCUT2D eigenvalue weighted by Gasteiger charge is 2.28. The van der Waals surface area contributed by atoms with Gasteiger partial charge in [-0.2, -0.15) is 0 Å². The van der Waals surface area contributed by atoms with Crippen LogP contribution in [-0.4, -0.2) is 37.6 Å². The first-order chi connectivity index (χ1) is 8.88. The number of para-hydroxylation sites is 1. The Balaban J connectivity index is 1.69. The average Bonchev–Trinajstić information content (AvgIpc) is 3.24. The van der Waals surface area contributed by atoms with Crippen LogP contribution >= 0.6 is 0 Å². The van der Waals surface area contributed by atoms with Crippen LogP contribution in [0, 0.1) is 6.42 Å². The Hall–Kier alpha value is -1.02. The molecule has 2 heteroatoms. The average molecular weight is 243 g/mol. The van der Waals surface area contributed by atoms with Gasteiger partial charge < -0.3 is 4.90 Å². The molecular formula is C16H23N2. The van der Waals surface area contributed by atoms with E-state index in [0.717, 1.165) is 12.5 Å². The fourth-order valence-corrected chi connectivity index (χ4v) is 2.94. The van der Waals surface area contributed by atoms with Gasteiger partial charge in [0.15, 0.2) is 0 Å². The minimum atomic E-state index is 0.850. The Morgan fingerprint density at radius 3 is 2.50 bits per heavy atom. The third-order valence-electron chi connectivity index (χ3n) is 4.11.